The zero-order valence-electron chi connectivity index (χ0n) is 10.1. The van der Waals surface area contributed by atoms with E-state index < -0.39 is 5.97 Å². The number of pyridine rings is 1. The Morgan fingerprint density at radius 2 is 2.21 bits per heavy atom. The summed E-state index contributed by atoms with van der Waals surface area (Å²) in [5.74, 6) is -1.000. The second kappa shape index (κ2) is 5.81. The van der Waals surface area contributed by atoms with Gasteiger partial charge in [-0.15, -0.1) is 0 Å². The largest absolute Gasteiger partial charge is 0.478 e. The summed E-state index contributed by atoms with van der Waals surface area (Å²) >= 11 is 0. The Labute approximate surface area is 109 Å². The van der Waals surface area contributed by atoms with Gasteiger partial charge in [-0.05, 0) is 30.2 Å². The molecule has 0 aromatic carbocycles. The lowest BCUT2D eigenvalue weighted by Crippen LogP contribution is -2.13. The standard InChI is InChI=1S/C13H13N3O3/c17-12(2-1-9-3-5-14-8-9)16-11-7-10(13(18)19)4-6-15-11/h3-8,14H,1-2H2,(H,18,19)(H,15,16,17). The van der Waals surface area contributed by atoms with Gasteiger partial charge in [-0.25, -0.2) is 9.78 Å². The fourth-order valence-corrected chi connectivity index (χ4v) is 1.61. The lowest BCUT2D eigenvalue weighted by atomic mass is 10.2. The van der Waals surface area contributed by atoms with Crippen LogP contribution in [0.15, 0.2) is 36.8 Å². The molecule has 3 N–H and O–H groups in total. The first-order valence-corrected chi connectivity index (χ1v) is 5.76. The number of aromatic amines is 1. The van der Waals surface area contributed by atoms with Crippen molar-refractivity contribution in [1.82, 2.24) is 9.97 Å². The number of nitrogens with zero attached hydrogens (tertiary/aromatic N) is 1. The summed E-state index contributed by atoms with van der Waals surface area (Å²) < 4.78 is 0. The average Bonchev–Trinajstić information content (AvgIpc) is 2.90. The second-order valence-electron chi connectivity index (χ2n) is 4.00. The zero-order valence-corrected chi connectivity index (χ0v) is 10.1. The van der Waals surface area contributed by atoms with Crippen LogP contribution in [0.4, 0.5) is 5.82 Å². The Bertz CT molecular complexity index is 579. The number of carbonyl (C=O) groups excluding carboxylic acids is 1. The summed E-state index contributed by atoms with van der Waals surface area (Å²) in [5.41, 5.74) is 1.14. The number of rotatable bonds is 5. The average molecular weight is 259 g/mol. The maximum absolute atomic E-state index is 11.7. The van der Waals surface area contributed by atoms with Crippen molar-refractivity contribution in [3.63, 3.8) is 0 Å². The molecule has 0 unspecified atom stereocenters. The van der Waals surface area contributed by atoms with Gasteiger partial charge in [0.15, 0.2) is 0 Å². The second-order valence-corrected chi connectivity index (χ2v) is 4.00. The lowest BCUT2D eigenvalue weighted by Gasteiger charge is -2.04. The summed E-state index contributed by atoms with van der Waals surface area (Å²) in [5, 5.41) is 11.4. The Morgan fingerprint density at radius 3 is 2.89 bits per heavy atom. The van der Waals surface area contributed by atoms with Crippen molar-refractivity contribution in [2.75, 3.05) is 5.32 Å². The molecule has 6 nitrogen and oxygen atoms in total. The first kappa shape index (κ1) is 12.8. The van der Waals surface area contributed by atoms with Crippen LogP contribution in [0.3, 0.4) is 0 Å². The van der Waals surface area contributed by atoms with Crippen LogP contribution in [-0.4, -0.2) is 27.0 Å². The van der Waals surface area contributed by atoms with Crippen molar-refractivity contribution in [3.05, 3.63) is 47.9 Å². The first-order valence-electron chi connectivity index (χ1n) is 5.76. The number of aromatic nitrogens is 2. The van der Waals surface area contributed by atoms with E-state index in [1.165, 1.54) is 18.3 Å². The van der Waals surface area contributed by atoms with Crippen LogP contribution < -0.4 is 5.32 Å². The van der Waals surface area contributed by atoms with Gasteiger partial charge in [-0.2, -0.15) is 0 Å². The van der Waals surface area contributed by atoms with E-state index in [1.807, 2.05) is 12.3 Å². The van der Waals surface area contributed by atoms with Crippen LogP contribution in [0, 0.1) is 0 Å². The van der Waals surface area contributed by atoms with E-state index >= 15 is 0 Å². The molecule has 0 radical (unpaired) electrons. The number of hydrogen-bond acceptors (Lipinski definition) is 3. The summed E-state index contributed by atoms with van der Waals surface area (Å²) in [4.78, 5) is 29.3. The van der Waals surface area contributed by atoms with Gasteiger partial charge < -0.3 is 15.4 Å². The number of carboxylic acid groups (broad SMARTS) is 1. The van der Waals surface area contributed by atoms with Crippen molar-refractivity contribution in [1.29, 1.82) is 0 Å². The topological polar surface area (TPSA) is 95.1 Å². The van der Waals surface area contributed by atoms with Gasteiger partial charge in [0, 0.05) is 25.0 Å². The Hall–Kier alpha value is -2.63. The van der Waals surface area contributed by atoms with E-state index in [1.54, 1.807) is 6.20 Å². The molecule has 0 saturated carbocycles. The maximum Gasteiger partial charge on any atom is 0.335 e. The van der Waals surface area contributed by atoms with E-state index in [-0.39, 0.29) is 17.3 Å². The van der Waals surface area contributed by atoms with Crippen LogP contribution in [-0.2, 0) is 11.2 Å². The molecular formula is C13H13N3O3. The van der Waals surface area contributed by atoms with E-state index in [0.29, 0.717) is 12.8 Å². The summed E-state index contributed by atoms with van der Waals surface area (Å²) in [6.07, 6.45) is 5.91. The van der Waals surface area contributed by atoms with Crippen molar-refractivity contribution >= 4 is 17.7 Å². The molecule has 2 heterocycles. The van der Waals surface area contributed by atoms with Crippen LogP contribution in [0.5, 0.6) is 0 Å². The molecule has 0 aliphatic carbocycles. The monoisotopic (exact) mass is 259 g/mol. The van der Waals surface area contributed by atoms with Crippen LogP contribution >= 0.6 is 0 Å². The van der Waals surface area contributed by atoms with Crippen LogP contribution in [0.25, 0.3) is 0 Å². The maximum atomic E-state index is 11.7. The molecule has 2 rings (SSSR count). The highest BCUT2D eigenvalue weighted by molar-refractivity contribution is 5.92. The third-order valence-corrected chi connectivity index (χ3v) is 2.58. The van der Waals surface area contributed by atoms with Crippen molar-refractivity contribution < 1.29 is 14.7 Å². The van der Waals surface area contributed by atoms with Crippen molar-refractivity contribution in [3.8, 4) is 0 Å². The van der Waals surface area contributed by atoms with E-state index in [0.717, 1.165) is 5.56 Å². The fraction of sp³-hybridized carbons (Fsp3) is 0.154. The molecule has 2 aromatic rings. The predicted molar refractivity (Wildman–Crippen MR) is 68.9 cm³/mol. The summed E-state index contributed by atoms with van der Waals surface area (Å²) in [6.45, 7) is 0. The molecular weight excluding hydrogens is 246 g/mol. The number of aromatic carboxylic acids is 1. The molecule has 0 aliphatic heterocycles. The number of anilines is 1. The van der Waals surface area contributed by atoms with E-state index in [4.69, 9.17) is 5.11 Å². The molecule has 0 spiro atoms. The van der Waals surface area contributed by atoms with Gasteiger partial charge in [0.1, 0.15) is 5.82 Å². The van der Waals surface area contributed by atoms with E-state index in [2.05, 4.69) is 15.3 Å². The molecule has 1 amide bonds. The lowest BCUT2D eigenvalue weighted by molar-refractivity contribution is -0.116. The smallest absolute Gasteiger partial charge is 0.335 e. The first-order chi connectivity index (χ1) is 9.15. The minimum absolute atomic E-state index is 0.0935. The van der Waals surface area contributed by atoms with Crippen LogP contribution in [0.1, 0.15) is 22.3 Å². The van der Waals surface area contributed by atoms with Crippen molar-refractivity contribution in [2.45, 2.75) is 12.8 Å². The minimum Gasteiger partial charge on any atom is -0.478 e. The zero-order chi connectivity index (χ0) is 13.7. The molecule has 6 heteroatoms. The fourth-order valence-electron chi connectivity index (χ4n) is 1.61. The number of carbonyl (C=O) groups is 2. The third-order valence-electron chi connectivity index (χ3n) is 2.58. The molecule has 2 aromatic heterocycles. The highest BCUT2D eigenvalue weighted by Crippen LogP contribution is 2.08. The normalized spacial score (nSPS) is 10.1. The van der Waals surface area contributed by atoms with Gasteiger partial charge in [-0.1, -0.05) is 0 Å². The number of aryl methyl sites for hydroxylation is 1. The highest BCUT2D eigenvalue weighted by Gasteiger charge is 2.07. The SMILES string of the molecule is O=C(CCc1cc[nH]c1)Nc1cc(C(=O)O)ccn1. The van der Waals surface area contributed by atoms with Gasteiger partial charge in [0.2, 0.25) is 5.91 Å². The Balaban J connectivity index is 1.91. The minimum atomic E-state index is -1.05. The van der Waals surface area contributed by atoms with E-state index in [9.17, 15) is 9.59 Å². The van der Waals surface area contributed by atoms with Crippen LogP contribution in [0.2, 0.25) is 0 Å². The Morgan fingerprint density at radius 1 is 1.37 bits per heavy atom. The highest BCUT2D eigenvalue weighted by atomic mass is 16.4. The number of hydrogen-bond donors (Lipinski definition) is 3. The summed E-state index contributed by atoms with van der Waals surface area (Å²) in [6, 6.07) is 4.60. The molecule has 0 atom stereocenters. The molecule has 0 fully saturated rings. The van der Waals surface area contributed by atoms with Crippen molar-refractivity contribution in [2.24, 2.45) is 0 Å². The number of nitrogens with one attached hydrogen (secondary N) is 2. The van der Waals surface area contributed by atoms with Gasteiger partial charge in [0.05, 0.1) is 5.56 Å². The molecule has 98 valence electrons. The molecule has 0 bridgehead atoms. The predicted octanol–water partition coefficient (Wildman–Crippen LogP) is 1.68. The third kappa shape index (κ3) is 3.67. The molecule has 0 aliphatic rings. The number of H-pyrrole nitrogens is 1. The quantitative estimate of drug-likeness (QED) is 0.761. The Kier molecular flexibility index (Phi) is 3.92. The van der Waals surface area contributed by atoms with Gasteiger partial charge in [0.25, 0.3) is 0 Å². The number of carboxylic acids is 1. The van der Waals surface area contributed by atoms with Gasteiger partial charge in [-0.3, -0.25) is 4.79 Å². The summed E-state index contributed by atoms with van der Waals surface area (Å²) in [7, 11) is 0. The molecule has 0 saturated heterocycles. The molecule has 19 heavy (non-hydrogen) atoms. The number of amides is 1. The van der Waals surface area contributed by atoms with Gasteiger partial charge >= 0.3 is 5.97 Å².